The van der Waals surface area contributed by atoms with E-state index >= 15 is 0 Å². The van der Waals surface area contributed by atoms with E-state index in [1.54, 1.807) is 24.0 Å². The number of rotatable bonds is 2. The second kappa shape index (κ2) is 6.30. The molecule has 0 aromatic heterocycles. The number of likely N-dealkylation sites (N-methyl/N-ethyl adjacent to an activating group) is 1. The van der Waals surface area contributed by atoms with Gasteiger partial charge in [-0.15, -0.1) is 0 Å². The Morgan fingerprint density at radius 2 is 2.04 bits per heavy atom. The van der Waals surface area contributed by atoms with Crippen LogP contribution >= 0.6 is 0 Å². The number of urea groups is 1. The fourth-order valence-electron chi connectivity index (χ4n) is 4.17. The van der Waals surface area contributed by atoms with Crippen LogP contribution in [0.4, 0.5) is 16.2 Å². The first-order chi connectivity index (χ1) is 12.9. The Labute approximate surface area is 158 Å². The molecule has 140 valence electrons. The highest BCUT2D eigenvalue weighted by Gasteiger charge is 2.54. The Hall–Kier alpha value is -3.02. The average Bonchev–Trinajstić information content (AvgIpc) is 3.20. The van der Waals surface area contributed by atoms with Crippen molar-refractivity contribution in [3.63, 3.8) is 0 Å². The first-order valence-electron chi connectivity index (χ1n) is 9.04. The van der Waals surface area contributed by atoms with Crippen LogP contribution in [0, 0.1) is 6.92 Å². The number of carbonyl (C=O) groups is 2. The van der Waals surface area contributed by atoms with Crippen LogP contribution in [-0.4, -0.2) is 44.1 Å². The Kier molecular flexibility index (Phi) is 4.06. The number of anilines is 2. The molecule has 0 radical (unpaired) electrons. The fourth-order valence-corrected chi connectivity index (χ4v) is 4.17. The number of aryl methyl sites for hydroxylation is 1. The van der Waals surface area contributed by atoms with Crippen LogP contribution in [0.25, 0.3) is 0 Å². The molecule has 27 heavy (non-hydrogen) atoms. The summed E-state index contributed by atoms with van der Waals surface area (Å²) < 4.78 is 5.35. The number of hydrogen-bond acceptors (Lipinski definition) is 3. The Morgan fingerprint density at radius 1 is 1.22 bits per heavy atom. The van der Waals surface area contributed by atoms with Crippen LogP contribution in [0.5, 0.6) is 5.75 Å². The Balaban J connectivity index is 1.60. The molecule has 0 saturated carbocycles. The summed E-state index contributed by atoms with van der Waals surface area (Å²) >= 11 is 0. The molecule has 0 bridgehead atoms. The molecule has 2 aromatic carbocycles. The number of ether oxygens (including phenoxy) is 1. The van der Waals surface area contributed by atoms with Crippen LogP contribution in [0.15, 0.2) is 42.5 Å². The molecule has 1 atom stereocenters. The molecule has 6 nitrogen and oxygen atoms in total. The quantitative estimate of drug-likeness (QED) is 0.889. The van der Waals surface area contributed by atoms with Crippen LogP contribution in [0.3, 0.4) is 0 Å². The van der Waals surface area contributed by atoms with Crippen molar-refractivity contribution in [1.29, 1.82) is 0 Å². The van der Waals surface area contributed by atoms with E-state index in [2.05, 4.69) is 5.32 Å². The Morgan fingerprint density at radius 3 is 2.78 bits per heavy atom. The molecule has 1 N–H and O–H groups in total. The molecule has 1 saturated heterocycles. The number of amides is 3. The minimum atomic E-state index is -0.692. The molecular formula is C21H23N3O3. The first-order valence-corrected chi connectivity index (χ1v) is 9.04. The van der Waals surface area contributed by atoms with E-state index < -0.39 is 5.41 Å². The van der Waals surface area contributed by atoms with Gasteiger partial charge in [-0.3, -0.25) is 4.79 Å². The maximum atomic E-state index is 13.1. The fraction of sp³-hybridized carbons (Fsp3) is 0.333. The van der Waals surface area contributed by atoms with Crippen molar-refractivity contribution in [3.05, 3.63) is 53.6 Å². The minimum Gasteiger partial charge on any atom is -0.497 e. The summed E-state index contributed by atoms with van der Waals surface area (Å²) in [4.78, 5) is 29.3. The predicted octanol–water partition coefficient (Wildman–Crippen LogP) is 3.16. The zero-order valence-corrected chi connectivity index (χ0v) is 15.8. The molecule has 1 fully saturated rings. The summed E-state index contributed by atoms with van der Waals surface area (Å²) in [5, 5.41) is 2.94. The number of nitrogens with zero attached hydrogens (tertiary/aromatic N) is 2. The van der Waals surface area contributed by atoms with Crippen LogP contribution in [0.2, 0.25) is 0 Å². The normalized spacial score (nSPS) is 20.9. The van der Waals surface area contributed by atoms with Gasteiger partial charge >= 0.3 is 6.03 Å². The van der Waals surface area contributed by atoms with Gasteiger partial charge in [0, 0.05) is 31.5 Å². The maximum Gasteiger partial charge on any atom is 0.321 e. The average molecular weight is 365 g/mol. The van der Waals surface area contributed by atoms with Gasteiger partial charge in [-0.1, -0.05) is 12.1 Å². The maximum absolute atomic E-state index is 13.1. The van der Waals surface area contributed by atoms with E-state index in [9.17, 15) is 9.59 Å². The van der Waals surface area contributed by atoms with E-state index in [4.69, 9.17) is 4.74 Å². The van der Waals surface area contributed by atoms with Crippen molar-refractivity contribution in [2.75, 3.05) is 37.5 Å². The van der Waals surface area contributed by atoms with Gasteiger partial charge in [-0.25, -0.2) is 4.79 Å². The lowest BCUT2D eigenvalue weighted by Crippen LogP contribution is -2.42. The summed E-state index contributed by atoms with van der Waals surface area (Å²) in [6.45, 7) is 2.89. The zero-order chi connectivity index (χ0) is 19.2. The summed E-state index contributed by atoms with van der Waals surface area (Å²) in [7, 11) is 3.41. The number of carbonyl (C=O) groups excluding carboxylic acids is 2. The molecule has 2 aromatic rings. The highest BCUT2D eigenvalue weighted by molar-refractivity contribution is 6.09. The molecule has 6 heteroatoms. The molecule has 1 unspecified atom stereocenters. The minimum absolute atomic E-state index is 0.0385. The van der Waals surface area contributed by atoms with Gasteiger partial charge in [0.15, 0.2) is 0 Å². The van der Waals surface area contributed by atoms with Gasteiger partial charge < -0.3 is 19.9 Å². The van der Waals surface area contributed by atoms with Crippen molar-refractivity contribution >= 4 is 23.3 Å². The number of hydrogen-bond donors (Lipinski definition) is 1. The van der Waals surface area contributed by atoms with E-state index in [-0.39, 0.29) is 11.9 Å². The van der Waals surface area contributed by atoms with Crippen molar-refractivity contribution in [2.24, 2.45) is 0 Å². The van der Waals surface area contributed by atoms with Crippen LogP contribution in [0.1, 0.15) is 17.5 Å². The smallest absolute Gasteiger partial charge is 0.321 e. The summed E-state index contributed by atoms with van der Waals surface area (Å²) in [6.07, 6.45) is 0.609. The van der Waals surface area contributed by atoms with Crippen molar-refractivity contribution < 1.29 is 14.3 Å². The molecule has 2 aliphatic rings. The van der Waals surface area contributed by atoms with Gasteiger partial charge in [0.1, 0.15) is 5.75 Å². The van der Waals surface area contributed by atoms with E-state index in [0.717, 1.165) is 28.3 Å². The number of likely N-dealkylation sites (tertiary alicyclic amines) is 1. The second-order valence-electron chi connectivity index (χ2n) is 7.30. The topological polar surface area (TPSA) is 61.9 Å². The monoisotopic (exact) mass is 365 g/mol. The van der Waals surface area contributed by atoms with E-state index in [1.165, 1.54) is 0 Å². The molecule has 0 aliphatic carbocycles. The van der Waals surface area contributed by atoms with Crippen molar-refractivity contribution in [1.82, 2.24) is 4.90 Å². The number of benzene rings is 2. The first kappa shape index (κ1) is 17.4. The molecule has 4 rings (SSSR count). The van der Waals surface area contributed by atoms with Gasteiger partial charge in [-0.2, -0.15) is 0 Å². The number of nitrogens with one attached hydrogen (secondary N) is 1. The lowest BCUT2D eigenvalue weighted by atomic mass is 9.81. The van der Waals surface area contributed by atoms with E-state index in [0.29, 0.717) is 19.5 Å². The molecule has 3 amide bonds. The standard InChI is InChI=1S/C21H23N3O3/c1-14-5-4-6-15(11-14)22-20(26)24-10-9-21(13-24)17-12-16(27-3)7-8-18(17)23(2)19(21)25/h4-8,11-12H,9-10,13H2,1-3H3,(H,22,26). The third kappa shape index (κ3) is 2.72. The summed E-state index contributed by atoms with van der Waals surface area (Å²) in [6, 6.07) is 13.2. The molecule has 2 heterocycles. The number of methoxy groups -OCH3 is 1. The second-order valence-corrected chi connectivity index (χ2v) is 7.30. The van der Waals surface area contributed by atoms with Crippen molar-refractivity contribution in [3.8, 4) is 5.75 Å². The molecule has 2 aliphatic heterocycles. The van der Waals surface area contributed by atoms with Gasteiger partial charge in [-0.05, 0) is 54.8 Å². The van der Waals surface area contributed by atoms with Crippen LogP contribution in [-0.2, 0) is 10.2 Å². The lowest BCUT2D eigenvalue weighted by molar-refractivity contribution is -0.122. The van der Waals surface area contributed by atoms with E-state index in [1.807, 2.05) is 49.4 Å². The molecular weight excluding hydrogens is 342 g/mol. The zero-order valence-electron chi connectivity index (χ0n) is 15.8. The predicted molar refractivity (Wildman–Crippen MR) is 104 cm³/mol. The van der Waals surface area contributed by atoms with Gasteiger partial charge in [0.25, 0.3) is 0 Å². The highest BCUT2D eigenvalue weighted by Crippen LogP contribution is 2.48. The van der Waals surface area contributed by atoms with Crippen molar-refractivity contribution in [2.45, 2.75) is 18.8 Å². The number of fused-ring (bicyclic) bond motifs is 2. The lowest BCUT2D eigenvalue weighted by Gasteiger charge is -2.24. The van der Waals surface area contributed by atoms with Crippen LogP contribution < -0.4 is 15.0 Å². The third-order valence-corrected chi connectivity index (χ3v) is 5.62. The molecule has 1 spiro atoms. The SMILES string of the molecule is COc1ccc2c(c1)C1(CCN(C(=O)Nc3cccc(C)c3)C1)C(=O)N2C. The highest BCUT2D eigenvalue weighted by atomic mass is 16.5. The largest absolute Gasteiger partial charge is 0.497 e. The summed E-state index contributed by atoms with van der Waals surface area (Å²) in [5.41, 5.74) is 2.99. The Bertz CT molecular complexity index is 927. The van der Waals surface area contributed by atoms with Gasteiger partial charge in [0.05, 0.1) is 12.5 Å². The summed E-state index contributed by atoms with van der Waals surface area (Å²) in [5.74, 6) is 0.760. The third-order valence-electron chi connectivity index (χ3n) is 5.62. The van der Waals surface area contributed by atoms with Gasteiger partial charge in [0.2, 0.25) is 5.91 Å².